The highest BCUT2D eigenvalue weighted by Crippen LogP contribution is 2.53. The van der Waals surface area contributed by atoms with Crippen molar-refractivity contribution in [2.75, 3.05) is 0 Å². The Balaban J connectivity index is 1.33. The number of carbonyl (C=O) groups is 4. The molecule has 1 fully saturated rings. The van der Waals surface area contributed by atoms with E-state index in [9.17, 15) is 19.2 Å². The smallest absolute Gasteiger partial charge is 0.344 e. The lowest BCUT2D eigenvalue weighted by atomic mass is 9.77. The molecule has 0 N–H and O–H groups in total. The van der Waals surface area contributed by atoms with Crippen molar-refractivity contribution in [1.82, 2.24) is 5.06 Å². The number of fused-ring (bicyclic) bond motifs is 3. The van der Waals surface area contributed by atoms with E-state index in [2.05, 4.69) is 133 Å². The highest BCUT2D eigenvalue weighted by atomic mass is 16.7. The Morgan fingerprint density at radius 2 is 0.879 bits per heavy atom. The number of benzene rings is 8. The molecule has 0 saturated carbocycles. The molecule has 8 aromatic rings. The number of imide groups is 1. The molecule has 1 aliphatic rings. The largest absolute Gasteiger partial charge is 0.457 e. The molecule has 0 radical (unpaired) electrons. The minimum absolute atomic E-state index is 0.0432. The van der Waals surface area contributed by atoms with E-state index in [-0.39, 0.29) is 12.8 Å². The van der Waals surface area contributed by atoms with E-state index in [4.69, 9.17) is 9.57 Å². The van der Waals surface area contributed by atoms with Gasteiger partial charge in [0, 0.05) is 12.8 Å². The Labute approximate surface area is 335 Å². The van der Waals surface area contributed by atoms with E-state index in [0.717, 1.165) is 82.4 Å². The predicted molar refractivity (Wildman–Crippen MR) is 227 cm³/mol. The zero-order valence-electron chi connectivity index (χ0n) is 31.7. The standard InChI is InChI=1S/C51H37NO6/c1-32(57-44(55)31-45(56)58-52-42(53)28-29-43(52)54)37-26-27-40-41(30-37)49(36-22-12-5-13-23-36)51-47(34-18-8-3-9-19-34)39-25-15-14-24-38(39)46(33-16-6-2-7-17-33)50(51)48(40)35-20-10-4-11-21-35/h2-27,30,32H,28-29,31H2,1H3. The number of rotatable bonds is 9. The van der Waals surface area contributed by atoms with Gasteiger partial charge in [-0.15, -0.1) is 5.06 Å². The van der Waals surface area contributed by atoms with Crippen LogP contribution >= 0.6 is 0 Å². The summed E-state index contributed by atoms with van der Waals surface area (Å²) in [4.78, 5) is 54.6. The van der Waals surface area contributed by atoms with Crippen molar-refractivity contribution in [3.63, 3.8) is 0 Å². The van der Waals surface area contributed by atoms with Crippen molar-refractivity contribution in [2.45, 2.75) is 32.3 Å². The molecule has 1 aliphatic heterocycles. The van der Waals surface area contributed by atoms with Crippen LogP contribution in [0, 0.1) is 0 Å². The van der Waals surface area contributed by atoms with Gasteiger partial charge in [-0.2, -0.15) is 0 Å². The molecule has 1 saturated heterocycles. The summed E-state index contributed by atoms with van der Waals surface area (Å²) >= 11 is 0. The predicted octanol–water partition coefficient (Wildman–Crippen LogP) is 11.4. The molecule has 7 nitrogen and oxygen atoms in total. The van der Waals surface area contributed by atoms with Crippen molar-refractivity contribution >= 4 is 56.1 Å². The first-order valence-electron chi connectivity index (χ1n) is 19.3. The van der Waals surface area contributed by atoms with Crippen molar-refractivity contribution in [3.05, 3.63) is 169 Å². The maximum absolute atomic E-state index is 13.1. The number of amides is 2. The van der Waals surface area contributed by atoms with Crippen molar-refractivity contribution in [3.8, 4) is 44.5 Å². The lowest BCUT2D eigenvalue weighted by Gasteiger charge is -2.26. The first-order chi connectivity index (χ1) is 28.4. The van der Waals surface area contributed by atoms with Gasteiger partial charge in [-0.05, 0) is 95.4 Å². The van der Waals surface area contributed by atoms with E-state index < -0.39 is 36.3 Å². The zero-order valence-corrected chi connectivity index (χ0v) is 31.7. The molecule has 1 atom stereocenters. The molecule has 7 heteroatoms. The molecule has 0 aliphatic carbocycles. The Morgan fingerprint density at radius 3 is 1.31 bits per heavy atom. The van der Waals surface area contributed by atoms with Crippen LogP contribution in [0.15, 0.2) is 164 Å². The quantitative estimate of drug-likeness (QED) is 0.0630. The lowest BCUT2D eigenvalue weighted by molar-refractivity contribution is -0.199. The van der Waals surface area contributed by atoms with Crippen LogP contribution in [-0.2, 0) is 28.8 Å². The first kappa shape index (κ1) is 36.3. The third kappa shape index (κ3) is 6.56. The Kier molecular flexibility index (Phi) is 9.55. The Bertz CT molecular complexity index is 2880. The van der Waals surface area contributed by atoms with Crippen molar-refractivity contribution in [2.24, 2.45) is 0 Å². The number of nitrogens with zero attached hydrogens (tertiary/aromatic N) is 1. The summed E-state index contributed by atoms with van der Waals surface area (Å²) in [5.41, 5.74) is 9.37. The fraction of sp³-hybridized carbons (Fsp3) is 0.0980. The third-order valence-corrected chi connectivity index (χ3v) is 10.8. The number of ether oxygens (including phenoxy) is 1. The normalized spacial score (nSPS) is 13.3. The molecule has 58 heavy (non-hydrogen) atoms. The van der Waals surface area contributed by atoms with Gasteiger partial charge < -0.3 is 9.57 Å². The summed E-state index contributed by atoms with van der Waals surface area (Å²) in [6, 6.07) is 56.8. The van der Waals surface area contributed by atoms with E-state index in [1.807, 2.05) is 30.3 Å². The van der Waals surface area contributed by atoms with Gasteiger partial charge in [-0.1, -0.05) is 158 Å². The maximum atomic E-state index is 13.1. The average Bonchev–Trinajstić information content (AvgIpc) is 3.57. The Morgan fingerprint density at radius 1 is 0.500 bits per heavy atom. The van der Waals surface area contributed by atoms with Crippen LogP contribution in [0.1, 0.15) is 37.9 Å². The van der Waals surface area contributed by atoms with E-state index in [0.29, 0.717) is 5.06 Å². The van der Waals surface area contributed by atoms with Crippen LogP contribution in [0.5, 0.6) is 0 Å². The molecule has 2 amide bonds. The fourth-order valence-corrected chi connectivity index (χ4v) is 8.28. The molecule has 1 heterocycles. The maximum Gasteiger partial charge on any atom is 0.344 e. The summed E-state index contributed by atoms with van der Waals surface area (Å²) < 4.78 is 5.82. The lowest BCUT2D eigenvalue weighted by Crippen LogP contribution is -2.33. The molecule has 0 spiro atoms. The summed E-state index contributed by atoms with van der Waals surface area (Å²) in [6.07, 6.45) is -1.61. The molecule has 8 aromatic carbocycles. The first-order valence-corrected chi connectivity index (χ1v) is 19.3. The number of hydroxylamine groups is 2. The third-order valence-electron chi connectivity index (χ3n) is 10.8. The number of hydrogen-bond donors (Lipinski definition) is 0. The fourth-order valence-electron chi connectivity index (χ4n) is 8.28. The van der Waals surface area contributed by atoms with Gasteiger partial charge in [0.25, 0.3) is 11.8 Å². The SMILES string of the molecule is CC(OC(=O)CC(=O)ON1C(=O)CCC1=O)c1ccc2c(-c3ccccc3)c3c(-c4ccccc4)c4ccccc4c(-c4ccccc4)c3c(-c3ccccc3)c2c1. The van der Waals surface area contributed by atoms with Crippen LogP contribution in [0.2, 0.25) is 0 Å². The van der Waals surface area contributed by atoms with E-state index in [1.54, 1.807) is 6.92 Å². The highest BCUT2D eigenvalue weighted by Gasteiger charge is 2.34. The Hall–Kier alpha value is -7.38. The van der Waals surface area contributed by atoms with Crippen LogP contribution in [-0.4, -0.2) is 28.8 Å². The monoisotopic (exact) mass is 759 g/mol. The van der Waals surface area contributed by atoms with Crippen LogP contribution in [0.3, 0.4) is 0 Å². The summed E-state index contributed by atoms with van der Waals surface area (Å²) in [5, 5.41) is 6.91. The second-order valence-electron chi connectivity index (χ2n) is 14.4. The van der Waals surface area contributed by atoms with E-state index >= 15 is 0 Å². The van der Waals surface area contributed by atoms with Crippen molar-refractivity contribution < 1.29 is 28.8 Å². The number of esters is 1. The van der Waals surface area contributed by atoms with Gasteiger partial charge in [0.1, 0.15) is 12.5 Å². The molecule has 0 bridgehead atoms. The second-order valence-corrected chi connectivity index (χ2v) is 14.4. The van der Waals surface area contributed by atoms with E-state index in [1.165, 1.54) is 0 Å². The zero-order chi connectivity index (χ0) is 39.8. The van der Waals surface area contributed by atoms with Gasteiger partial charge in [0.2, 0.25) is 0 Å². The minimum atomic E-state index is -1.04. The molecule has 1 unspecified atom stereocenters. The summed E-state index contributed by atoms with van der Waals surface area (Å²) in [6.45, 7) is 1.76. The van der Waals surface area contributed by atoms with Gasteiger partial charge in [0.15, 0.2) is 0 Å². The topological polar surface area (TPSA) is 90.0 Å². The molecule has 0 aromatic heterocycles. The van der Waals surface area contributed by atoms with Crippen LogP contribution < -0.4 is 0 Å². The summed E-state index contributed by atoms with van der Waals surface area (Å²) in [5.74, 6) is -3.12. The van der Waals surface area contributed by atoms with Crippen LogP contribution in [0.4, 0.5) is 0 Å². The average molecular weight is 760 g/mol. The minimum Gasteiger partial charge on any atom is -0.457 e. The van der Waals surface area contributed by atoms with Crippen LogP contribution in [0.25, 0.3) is 76.8 Å². The highest BCUT2D eigenvalue weighted by molar-refractivity contribution is 6.33. The van der Waals surface area contributed by atoms with Gasteiger partial charge >= 0.3 is 11.9 Å². The number of carbonyl (C=O) groups excluding carboxylic acids is 4. The number of hydrogen-bond acceptors (Lipinski definition) is 6. The van der Waals surface area contributed by atoms with Gasteiger partial charge in [-0.25, -0.2) is 4.79 Å². The molecule has 282 valence electrons. The van der Waals surface area contributed by atoms with Crippen molar-refractivity contribution in [1.29, 1.82) is 0 Å². The van der Waals surface area contributed by atoms with Gasteiger partial charge in [-0.3, -0.25) is 14.4 Å². The van der Waals surface area contributed by atoms with Gasteiger partial charge in [0.05, 0.1) is 0 Å². The molecule has 9 rings (SSSR count). The molecular formula is C51H37NO6. The second kappa shape index (κ2) is 15.3. The molecular weight excluding hydrogens is 723 g/mol. The summed E-state index contributed by atoms with van der Waals surface area (Å²) in [7, 11) is 0.